The summed E-state index contributed by atoms with van der Waals surface area (Å²) in [6.07, 6.45) is 1.62. The molecule has 0 aliphatic heterocycles. The van der Waals surface area contributed by atoms with Gasteiger partial charge in [0.05, 0.1) is 10.7 Å². The summed E-state index contributed by atoms with van der Waals surface area (Å²) in [6.45, 7) is 3.91. The van der Waals surface area contributed by atoms with Crippen LogP contribution in [-0.2, 0) is 4.79 Å². The third kappa shape index (κ3) is 3.30. The predicted molar refractivity (Wildman–Crippen MR) is 92.5 cm³/mol. The van der Waals surface area contributed by atoms with E-state index < -0.39 is 0 Å². The molecule has 2 aromatic rings. The first-order valence-corrected chi connectivity index (χ1v) is 7.52. The second kappa shape index (κ2) is 6.72. The summed E-state index contributed by atoms with van der Waals surface area (Å²) in [5.74, 6) is -0.310. The van der Waals surface area contributed by atoms with Gasteiger partial charge in [0.15, 0.2) is 0 Å². The van der Waals surface area contributed by atoms with E-state index in [1.165, 1.54) is 4.90 Å². The Balaban J connectivity index is 2.57. The van der Waals surface area contributed by atoms with Gasteiger partial charge >= 0.3 is 0 Å². The second-order valence-corrected chi connectivity index (χ2v) is 5.89. The van der Waals surface area contributed by atoms with Crippen LogP contribution < -0.4 is 0 Å². The minimum Gasteiger partial charge on any atom is -0.344 e. The van der Waals surface area contributed by atoms with Crippen LogP contribution >= 0.6 is 11.6 Å². The molecule has 23 heavy (non-hydrogen) atoms. The minimum absolute atomic E-state index is 0.106. The molecule has 0 saturated carbocycles. The highest BCUT2D eigenvalue weighted by Gasteiger charge is 2.15. The number of aromatic nitrogens is 1. The zero-order chi connectivity index (χ0) is 17.1. The number of halogens is 1. The molecule has 0 spiro atoms. The van der Waals surface area contributed by atoms with E-state index >= 15 is 0 Å². The van der Waals surface area contributed by atoms with E-state index in [4.69, 9.17) is 11.6 Å². The summed E-state index contributed by atoms with van der Waals surface area (Å²) in [4.78, 5) is 13.4. The fraction of sp³-hybridized carbons (Fsp3) is 0.222. The highest BCUT2D eigenvalue weighted by molar-refractivity contribution is 6.32. The second-order valence-electron chi connectivity index (χ2n) is 5.48. The molecule has 2 rings (SSSR count). The standard InChI is InChI=1S/C18H18ClN3O/c1-12-9-14(10-15(11-20)18(23)21(3)4)13(2)22(12)17-8-6-5-7-16(17)19/h5-10H,1-4H3/b15-10-. The average molecular weight is 328 g/mol. The molecule has 1 aromatic heterocycles. The van der Waals surface area contributed by atoms with Crippen LogP contribution in [0.2, 0.25) is 5.02 Å². The Labute approximate surface area is 141 Å². The maximum atomic E-state index is 12.0. The topological polar surface area (TPSA) is 49.0 Å². The molecule has 0 radical (unpaired) electrons. The molecule has 0 bridgehead atoms. The number of amides is 1. The van der Waals surface area contributed by atoms with Crippen molar-refractivity contribution in [1.82, 2.24) is 9.47 Å². The zero-order valence-electron chi connectivity index (χ0n) is 13.6. The van der Waals surface area contributed by atoms with Gasteiger partial charge in [0.25, 0.3) is 5.91 Å². The molecular formula is C18H18ClN3O. The van der Waals surface area contributed by atoms with Gasteiger partial charge in [-0.3, -0.25) is 4.79 Å². The smallest absolute Gasteiger partial charge is 0.264 e. The third-order valence-electron chi connectivity index (χ3n) is 3.62. The number of hydrogen-bond donors (Lipinski definition) is 0. The molecule has 1 aromatic carbocycles. The number of nitrogens with zero attached hydrogens (tertiary/aromatic N) is 3. The van der Waals surface area contributed by atoms with Crippen molar-refractivity contribution in [2.75, 3.05) is 14.1 Å². The first-order valence-electron chi connectivity index (χ1n) is 7.14. The molecule has 4 nitrogen and oxygen atoms in total. The van der Waals surface area contributed by atoms with Crippen molar-refractivity contribution in [2.45, 2.75) is 13.8 Å². The molecular weight excluding hydrogens is 310 g/mol. The van der Waals surface area contributed by atoms with Crippen molar-refractivity contribution >= 4 is 23.6 Å². The number of benzene rings is 1. The number of nitriles is 1. The van der Waals surface area contributed by atoms with Crippen molar-refractivity contribution < 1.29 is 4.79 Å². The summed E-state index contributed by atoms with van der Waals surface area (Å²) in [7, 11) is 3.25. The lowest BCUT2D eigenvalue weighted by atomic mass is 10.1. The van der Waals surface area contributed by atoms with Gasteiger partial charge < -0.3 is 9.47 Å². The third-order valence-corrected chi connectivity index (χ3v) is 3.94. The van der Waals surface area contributed by atoms with Crippen molar-refractivity contribution in [3.63, 3.8) is 0 Å². The number of rotatable bonds is 3. The van der Waals surface area contributed by atoms with Crippen LogP contribution in [0.15, 0.2) is 35.9 Å². The summed E-state index contributed by atoms with van der Waals surface area (Å²) in [5.41, 5.74) is 3.72. The largest absolute Gasteiger partial charge is 0.344 e. The van der Waals surface area contributed by atoms with Gasteiger partial charge in [-0.15, -0.1) is 0 Å². The molecule has 5 heteroatoms. The number of para-hydroxylation sites is 1. The summed E-state index contributed by atoms with van der Waals surface area (Å²) in [5, 5.41) is 9.89. The monoisotopic (exact) mass is 327 g/mol. The Kier molecular flexibility index (Phi) is 4.92. The van der Waals surface area contributed by atoms with Gasteiger partial charge in [0.1, 0.15) is 11.6 Å². The fourth-order valence-corrected chi connectivity index (χ4v) is 2.70. The molecule has 0 unspecified atom stereocenters. The highest BCUT2D eigenvalue weighted by Crippen LogP contribution is 2.27. The Hall–Kier alpha value is -2.51. The maximum absolute atomic E-state index is 12.0. The van der Waals surface area contributed by atoms with Gasteiger partial charge in [-0.2, -0.15) is 5.26 Å². The molecule has 1 heterocycles. The van der Waals surface area contributed by atoms with Crippen LogP contribution in [0.4, 0.5) is 0 Å². The van der Waals surface area contributed by atoms with Gasteiger partial charge in [-0.1, -0.05) is 23.7 Å². The number of likely N-dealkylation sites (N-methyl/N-ethyl adjacent to an activating group) is 1. The van der Waals surface area contributed by atoms with Crippen molar-refractivity contribution in [1.29, 1.82) is 5.26 Å². The van der Waals surface area contributed by atoms with E-state index in [1.54, 1.807) is 20.2 Å². The van der Waals surface area contributed by atoms with E-state index in [2.05, 4.69) is 0 Å². The van der Waals surface area contributed by atoms with Crippen molar-refractivity contribution in [2.24, 2.45) is 0 Å². The number of hydrogen-bond acceptors (Lipinski definition) is 2. The molecule has 0 atom stereocenters. The normalized spacial score (nSPS) is 11.2. The van der Waals surface area contributed by atoms with E-state index in [0.717, 1.165) is 22.6 Å². The molecule has 0 aliphatic carbocycles. The van der Waals surface area contributed by atoms with Crippen molar-refractivity contribution in [3.8, 4) is 11.8 Å². The van der Waals surface area contributed by atoms with E-state index in [0.29, 0.717) is 5.02 Å². The van der Waals surface area contributed by atoms with E-state index in [9.17, 15) is 10.1 Å². The van der Waals surface area contributed by atoms with Gasteiger partial charge in [0, 0.05) is 25.5 Å². The first-order chi connectivity index (χ1) is 10.9. The zero-order valence-corrected chi connectivity index (χ0v) is 14.3. The first kappa shape index (κ1) is 16.9. The Bertz CT molecular complexity index is 825. The molecule has 0 aliphatic rings. The van der Waals surface area contributed by atoms with Crippen LogP contribution in [-0.4, -0.2) is 29.5 Å². The summed E-state index contributed by atoms with van der Waals surface area (Å²) in [6, 6.07) is 11.5. The fourth-order valence-electron chi connectivity index (χ4n) is 2.48. The Morgan fingerprint density at radius 1 is 1.30 bits per heavy atom. The van der Waals surface area contributed by atoms with E-state index in [1.807, 2.05) is 54.8 Å². The summed E-state index contributed by atoms with van der Waals surface area (Å²) < 4.78 is 2.02. The van der Waals surface area contributed by atoms with Gasteiger partial charge in [-0.05, 0) is 43.7 Å². The lowest BCUT2D eigenvalue weighted by Crippen LogP contribution is -2.22. The molecule has 0 fully saturated rings. The minimum atomic E-state index is -0.310. The molecule has 1 amide bonds. The lowest BCUT2D eigenvalue weighted by molar-refractivity contribution is -0.124. The molecule has 118 valence electrons. The van der Waals surface area contributed by atoms with Crippen LogP contribution in [0.5, 0.6) is 0 Å². The van der Waals surface area contributed by atoms with Crippen molar-refractivity contribution in [3.05, 3.63) is 57.9 Å². The Morgan fingerprint density at radius 2 is 1.96 bits per heavy atom. The van der Waals surface area contributed by atoms with Crippen LogP contribution in [0, 0.1) is 25.2 Å². The van der Waals surface area contributed by atoms with Gasteiger partial charge in [0.2, 0.25) is 0 Å². The number of aryl methyl sites for hydroxylation is 1. The van der Waals surface area contributed by atoms with Gasteiger partial charge in [-0.25, -0.2) is 0 Å². The van der Waals surface area contributed by atoms with Crippen LogP contribution in [0.1, 0.15) is 17.0 Å². The maximum Gasteiger partial charge on any atom is 0.264 e. The lowest BCUT2D eigenvalue weighted by Gasteiger charge is -2.11. The summed E-state index contributed by atoms with van der Waals surface area (Å²) >= 11 is 6.29. The van der Waals surface area contributed by atoms with Crippen LogP contribution in [0.3, 0.4) is 0 Å². The van der Waals surface area contributed by atoms with Crippen LogP contribution in [0.25, 0.3) is 11.8 Å². The predicted octanol–water partition coefficient (Wildman–Crippen LogP) is 3.74. The number of carbonyl (C=O) groups is 1. The molecule has 0 saturated heterocycles. The quantitative estimate of drug-likeness (QED) is 0.637. The van der Waals surface area contributed by atoms with E-state index in [-0.39, 0.29) is 11.5 Å². The highest BCUT2D eigenvalue weighted by atomic mass is 35.5. The number of carbonyl (C=O) groups excluding carboxylic acids is 1. The SMILES string of the molecule is Cc1cc(/C=C(/C#N)C(=O)N(C)C)c(C)n1-c1ccccc1Cl. The molecule has 0 N–H and O–H groups in total. The average Bonchev–Trinajstić information content (AvgIpc) is 2.79. The Morgan fingerprint density at radius 3 is 2.52 bits per heavy atom.